The van der Waals surface area contributed by atoms with E-state index in [-0.39, 0.29) is 0 Å². The van der Waals surface area contributed by atoms with Gasteiger partial charge in [0.2, 0.25) is 0 Å². The second-order valence-corrected chi connectivity index (χ2v) is 8.59. The maximum Gasteiger partial charge on any atom is 0.101 e. The molecule has 0 aromatic carbocycles. The average molecular weight is 365 g/mol. The van der Waals surface area contributed by atoms with Crippen molar-refractivity contribution in [3.05, 3.63) is 12.4 Å². The van der Waals surface area contributed by atoms with E-state index in [1.54, 1.807) is 0 Å². The summed E-state index contributed by atoms with van der Waals surface area (Å²) < 4.78 is 0. The average Bonchev–Trinajstić information content (AvgIpc) is 3.04. The second kappa shape index (κ2) is 15.4. The van der Waals surface area contributed by atoms with Crippen LogP contribution in [0, 0.1) is 0 Å². The number of nitrogens with zero attached hydrogens (tertiary/aromatic N) is 2. The van der Waals surface area contributed by atoms with Gasteiger partial charge < -0.3 is 9.80 Å². The van der Waals surface area contributed by atoms with Gasteiger partial charge in [0.1, 0.15) is 6.17 Å². The minimum Gasteiger partial charge on any atom is -0.356 e. The van der Waals surface area contributed by atoms with Crippen LogP contribution >= 0.6 is 0 Å². The summed E-state index contributed by atoms with van der Waals surface area (Å²) in [6, 6.07) is 0.611. The fourth-order valence-electron chi connectivity index (χ4n) is 4.11. The summed E-state index contributed by atoms with van der Waals surface area (Å²) in [7, 11) is 0. The van der Waals surface area contributed by atoms with E-state index in [0.29, 0.717) is 12.2 Å². The van der Waals surface area contributed by atoms with Crippen molar-refractivity contribution in [2.45, 2.75) is 136 Å². The highest BCUT2D eigenvalue weighted by molar-refractivity contribution is 4.98. The summed E-state index contributed by atoms with van der Waals surface area (Å²) in [6.45, 7) is 10.5. The van der Waals surface area contributed by atoms with Gasteiger partial charge in [0.05, 0.1) is 0 Å². The van der Waals surface area contributed by atoms with Crippen LogP contribution in [0.5, 0.6) is 0 Å². The van der Waals surface area contributed by atoms with E-state index in [4.69, 9.17) is 0 Å². The first-order valence-corrected chi connectivity index (χ1v) is 11.9. The van der Waals surface area contributed by atoms with Crippen LogP contribution in [0.1, 0.15) is 124 Å². The molecule has 0 spiro atoms. The predicted octanol–water partition coefficient (Wildman–Crippen LogP) is 7.70. The maximum atomic E-state index is 2.60. The van der Waals surface area contributed by atoms with Gasteiger partial charge in [-0.05, 0) is 33.1 Å². The van der Waals surface area contributed by atoms with Gasteiger partial charge in [0.15, 0.2) is 0 Å². The Labute approximate surface area is 165 Å². The van der Waals surface area contributed by atoms with E-state index < -0.39 is 0 Å². The van der Waals surface area contributed by atoms with Gasteiger partial charge in [0, 0.05) is 25.0 Å². The standard InChI is InChI=1S/C24H48N2/c1-5-7-9-10-11-12-13-14-15-16-17-18-20-25-21-22-26(23(3)4)24(25)19-8-6-2/h21-24H,5-20H2,1-4H3. The summed E-state index contributed by atoms with van der Waals surface area (Å²) in [6.07, 6.45) is 26.4. The number of hydrogen-bond donors (Lipinski definition) is 0. The van der Waals surface area contributed by atoms with Crippen molar-refractivity contribution in [1.82, 2.24) is 9.80 Å². The number of unbranched alkanes of at least 4 members (excludes halogenated alkanes) is 12. The summed E-state index contributed by atoms with van der Waals surface area (Å²) in [5.74, 6) is 0. The Morgan fingerprint density at radius 2 is 1.15 bits per heavy atom. The molecule has 0 radical (unpaired) electrons. The van der Waals surface area contributed by atoms with Crippen molar-refractivity contribution in [2.24, 2.45) is 0 Å². The smallest absolute Gasteiger partial charge is 0.101 e. The molecule has 0 amide bonds. The van der Waals surface area contributed by atoms with Gasteiger partial charge in [-0.25, -0.2) is 0 Å². The number of rotatable bonds is 17. The maximum absolute atomic E-state index is 2.60. The molecule has 0 bridgehead atoms. The first kappa shape index (κ1) is 23.4. The SMILES string of the molecule is CCCCCCCCCCCCCCN1C=CN(C(C)C)C1CCCC. The first-order chi connectivity index (χ1) is 12.7. The fraction of sp³-hybridized carbons (Fsp3) is 0.917. The molecular formula is C24H48N2. The molecule has 26 heavy (non-hydrogen) atoms. The molecule has 0 aromatic heterocycles. The summed E-state index contributed by atoms with van der Waals surface area (Å²) in [4.78, 5) is 5.15. The highest BCUT2D eigenvalue weighted by atomic mass is 15.4. The third kappa shape index (κ3) is 9.88. The molecule has 1 atom stereocenters. The van der Waals surface area contributed by atoms with E-state index in [0.717, 1.165) is 0 Å². The van der Waals surface area contributed by atoms with Gasteiger partial charge in [-0.15, -0.1) is 0 Å². The lowest BCUT2D eigenvalue weighted by Gasteiger charge is -2.35. The lowest BCUT2D eigenvalue weighted by Crippen LogP contribution is -2.42. The second-order valence-electron chi connectivity index (χ2n) is 8.59. The van der Waals surface area contributed by atoms with E-state index >= 15 is 0 Å². The van der Waals surface area contributed by atoms with E-state index in [1.807, 2.05) is 0 Å². The van der Waals surface area contributed by atoms with E-state index in [1.165, 1.54) is 103 Å². The molecule has 0 aromatic rings. The van der Waals surface area contributed by atoms with Gasteiger partial charge in [-0.1, -0.05) is 90.9 Å². The zero-order valence-corrected chi connectivity index (χ0v) is 18.5. The van der Waals surface area contributed by atoms with Crippen LogP contribution in [0.15, 0.2) is 12.4 Å². The Morgan fingerprint density at radius 1 is 0.654 bits per heavy atom. The molecule has 1 aliphatic heterocycles. The molecule has 154 valence electrons. The molecule has 0 N–H and O–H groups in total. The molecule has 1 unspecified atom stereocenters. The van der Waals surface area contributed by atoms with Crippen LogP contribution in [0.3, 0.4) is 0 Å². The molecule has 2 nitrogen and oxygen atoms in total. The molecular weight excluding hydrogens is 316 g/mol. The molecule has 0 fully saturated rings. The molecule has 2 heteroatoms. The van der Waals surface area contributed by atoms with Crippen LogP contribution in [-0.2, 0) is 0 Å². The predicted molar refractivity (Wildman–Crippen MR) is 117 cm³/mol. The Morgan fingerprint density at radius 3 is 1.65 bits per heavy atom. The largest absolute Gasteiger partial charge is 0.356 e. The van der Waals surface area contributed by atoms with Crippen LogP contribution < -0.4 is 0 Å². The first-order valence-electron chi connectivity index (χ1n) is 11.9. The summed E-state index contributed by atoms with van der Waals surface area (Å²) >= 11 is 0. The summed E-state index contributed by atoms with van der Waals surface area (Å²) in [5.41, 5.74) is 0. The van der Waals surface area contributed by atoms with Crippen molar-refractivity contribution >= 4 is 0 Å². The topological polar surface area (TPSA) is 6.48 Å². The minimum atomic E-state index is 0.611. The zero-order valence-electron chi connectivity index (χ0n) is 18.5. The van der Waals surface area contributed by atoms with Crippen molar-refractivity contribution in [2.75, 3.05) is 6.54 Å². The van der Waals surface area contributed by atoms with Gasteiger partial charge in [-0.2, -0.15) is 0 Å². The van der Waals surface area contributed by atoms with Crippen molar-refractivity contribution in [3.8, 4) is 0 Å². The van der Waals surface area contributed by atoms with Crippen LogP contribution in [0.4, 0.5) is 0 Å². The monoisotopic (exact) mass is 364 g/mol. The van der Waals surface area contributed by atoms with Gasteiger partial charge in [-0.3, -0.25) is 0 Å². The Kier molecular flexibility index (Phi) is 13.9. The summed E-state index contributed by atoms with van der Waals surface area (Å²) in [5, 5.41) is 0. The Balaban J connectivity index is 2.02. The molecule has 1 aliphatic rings. The van der Waals surface area contributed by atoms with E-state index in [2.05, 4.69) is 49.9 Å². The van der Waals surface area contributed by atoms with E-state index in [9.17, 15) is 0 Å². The zero-order chi connectivity index (χ0) is 19.0. The normalized spacial score (nSPS) is 17.0. The molecule has 0 saturated carbocycles. The van der Waals surface area contributed by atoms with Crippen LogP contribution in [-0.4, -0.2) is 28.6 Å². The van der Waals surface area contributed by atoms with Crippen molar-refractivity contribution in [3.63, 3.8) is 0 Å². The molecule has 1 rings (SSSR count). The lowest BCUT2D eigenvalue weighted by atomic mass is 10.1. The van der Waals surface area contributed by atoms with Crippen molar-refractivity contribution in [1.29, 1.82) is 0 Å². The van der Waals surface area contributed by atoms with Crippen LogP contribution in [0.2, 0.25) is 0 Å². The van der Waals surface area contributed by atoms with Crippen LogP contribution in [0.25, 0.3) is 0 Å². The quantitative estimate of drug-likeness (QED) is 0.244. The van der Waals surface area contributed by atoms with Crippen molar-refractivity contribution < 1.29 is 0 Å². The molecule has 1 heterocycles. The minimum absolute atomic E-state index is 0.611. The highest BCUT2D eigenvalue weighted by Crippen LogP contribution is 2.24. The molecule has 0 saturated heterocycles. The molecule has 0 aliphatic carbocycles. The third-order valence-corrected chi connectivity index (χ3v) is 5.84. The van der Waals surface area contributed by atoms with Gasteiger partial charge in [0.25, 0.3) is 0 Å². The lowest BCUT2D eigenvalue weighted by molar-refractivity contribution is 0.114. The Bertz CT molecular complexity index is 337. The fourth-order valence-corrected chi connectivity index (χ4v) is 4.11. The third-order valence-electron chi connectivity index (χ3n) is 5.84. The number of hydrogen-bond acceptors (Lipinski definition) is 2. The van der Waals surface area contributed by atoms with Gasteiger partial charge >= 0.3 is 0 Å². The highest BCUT2D eigenvalue weighted by Gasteiger charge is 2.26. The Hall–Kier alpha value is -0.660.